The fraction of sp³-hybridized carbons (Fsp3) is 0.333. The summed E-state index contributed by atoms with van der Waals surface area (Å²) in [6, 6.07) is 11.4. The molecule has 0 saturated carbocycles. The van der Waals surface area contributed by atoms with E-state index in [0.29, 0.717) is 12.1 Å². The molecule has 0 aliphatic carbocycles. The normalized spacial score (nSPS) is 11.2. The molecular weight excluding hydrogens is 406 g/mol. The molecule has 2 aromatic rings. The minimum absolute atomic E-state index is 0.0670. The highest BCUT2D eigenvalue weighted by atomic mass is 32.2. The fourth-order valence-electron chi connectivity index (χ4n) is 2.76. The minimum Gasteiger partial charge on any atom is -0.495 e. The molecule has 0 aliphatic rings. The first kappa shape index (κ1) is 23.4. The first-order valence-electron chi connectivity index (χ1n) is 9.45. The summed E-state index contributed by atoms with van der Waals surface area (Å²) < 4.78 is 31.6. The van der Waals surface area contributed by atoms with Crippen LogP contribution < -0.4 is 20.1 Å². The number of hydrogen-bond acceptors (Lipinski definition) is 5. The summed E-state index contributed by atoms with van der Waals surface area (Å²) >= 11 is 0. The molecule has 8 nitrogen and oxygen atoms in total. The molecular formula is C21H27N3O5S. The Labute approximate surface area is 177 Å². The second-order valence-corrected chi connectivity index (χ2v) is 8.96. The van der Waals surface area contributed by atoms with Crippen molar-refractivity contribution in [2.24, 2.45) is 5.92 Å². The Morgan fingerprint density at radius 3 is 2.47 bits per heavy atom. The summed E-state index contributed by atoms with van der Waals surface area (Å²) in [4.78, 5) is 24.3. The summed E-state index contributed by atoms with van der Waals surface area (Å²) in [6.45, 7) is 4.16. The van der Waals surface area contributed by atoms with E-state index in [0.717, 1.165) is 5.56 Å². The molecule has 30 heavy (non-hydrogen) atoms. The highest BCUT2D eigenvalue weighted by Crippen LogP contribution is 2.24. The number of amides is 2. The van der Waals surface area contributed by atoms with Gasteiger partial charge in [-0.3, -0.25) is 9.59 Å². The van der Waals surface area contributed by atoms with Gasteiger partial charge in [0.2, 0.25) is 15.9 Å². The van der Waals surface area contributed by atoms with Crippen molar-refractivity contribution in [2.75, 3.05) is 19.5 Å². The van der Waals surface area contributed by atoms with Crippen LogP contribution in [0.1, 0.15) is 36.2 Å². The van der Waals surface area contributed by atoms with Crippen LogP contribution in [0, 0.1) is 5.92 Å². The quantitative estimate of drug-likeness (QED) is 0.562. The van der Waals surface area contributed by atoms with Crippen molar-refractivity contribution in [1.82, 2.24) is 10.0 Å². The number of carbonyl (C=O) groups excluding carboxylic acids is 2. The van der Waals surface area contributed by atoms with E-state index in [1.165, 1.54) is 32.4 Å². The van der Waals surface area contributed by atoms with E-state index in [-0.39, 0.29) is 34.6 Å². The monoisotopic (exact) mass is 433 g/mol. The Morgan fingerprint density at radius 2 is 1.83 bits per heavy atom. The number of ether oxygens (including phenoxy) is 1. The van der Waals surface area contributed by atoms with Gasteiger partial charge in [0.05, 0.1) is 7.11 Å². The number of benzene rings is 2. The minimum atomic E-state index is -3.79. The summed E-state index contributed by atoms with van der Waals surface area (Å²) in [5, 5.41) is 5.59. The molecule has 0 fully saturated rings. The van der Waals surface area contributed by atoms with Crippen LogP contribution in [0.15, 0.2) is 47.4 Å². The lowest BCUT2D eigenvalue weighted by Gasteiger charge is -2.12. The topological polar surface area (TPSA) is 114 Å². The number of anilines is 1. The van der Waals surface area contributed by atoms with Crippen molar-refractivity contribution < 1.29 is 22.7 Å². The maximum Gasteiger partial charge on any atom is 0.251 e. The van der Waals surface area contributed by atoms with Gasteiger partial charge in [0, 0.05) is 24.2 Å². The third-order valence-electron chi connectivity index (χ3n) is 4.24. The zero-order valence-corrected chi connectivity index (χ0v) is 18.3. The average molecular weight is 434 g/mol. The molecule has 0 aromatic heterocycles. The summed E-state index contributed by atoms with van der Waals surface area (Å²) in [5.74, 6) is -0.0959. The van der Waals surface area contributed by atoms with Gasteiger partial charge < -0.3 is 15.4 Å². The third kappa shape index (κ3) is 6.30. The van der Waals surface area contributed by atoms with Crippen molar-refractivity contribution in [3.05, 3.63) is 53.6 Å². The number of sulfonamides is 1. The lowest BCUT2D eigenvalue weighted by Crippen LogP contribution is -2.24. The lowest BCUT2D eigenvalue weighted by molar-refractivity contribution is -0.116. The summed E-state index contributed by atoms with van der Waals surface area (Å²) in [5.41, 5.74) is 1.63. The largest absolute Gasteiger partial charge is 0.495 e. The number of rotatable bonds is 9. The maximum atomic E-state index is 12.5. The van der Waals surface area contributed by atoms with Crippen molar-refractivity contribution in [2.45, 2.75) is 31.7 Å². The third-order valence-corrected chi connectivity index (χ3v) is 5.68. The van der Waals surface area contributed by atoms with Crippen LogP contribution in [-0.2, 0) is 21.4 Å². The molecule has 2 aromatic carbocycles. The highest BCUT2D eigenvalue weighted by Gasteiger charge is 2.20. The van der Waals surface area contributed by atoms with Crippen LogP contribution in [0.4, 0.5) is 5.69 Å². The molecule has 2 rings (SSSR count). The van der Waals surface area contributed by atoms with Gasteiger partial charge in [0.25, 0.3) is 5.91 Å². The number of carbonyl (C=O) groups is 2. The molecule has 0 saturated heterocycles. The average Bonchev–Trinajstić information content (AvgIpc) is 2.71. The number of methoxy groups -OCH3 is 1. The van der Waals surface area contributed by atoms with Crippen LogP contribution in [0.3, 0.4) is 0 Å². The number of nitrogens with one attached hydrogen (secondary N) is 3. The molecule has 0 radical (unpaired) electrons. The Bertz CT molecular complexity index is 1020. The predicted molar refractivity (Wildman–Crippen MR) is 115 cm³/mol. The first-order valence-corrected chi connectivity index (χ1v) is 10.9. The molecule has 162 valence electrons. The van der Waals surface area contributed by atoms with E-state index in [1.54, 1.807) is 18.2 Å². The Hall–Kier alpha value is -2.91. The van der Waals surface area contributed by atoms with Crippen LogP contribution in [0.5, 0.6) is 5.75 Å². The SMILES string of the molecule is CNS(=O)(=O)c1cc(C(=O)NCc2cccc(NC(=O)CC(C)C)c2)ccc1OC. The standard InChI is InChI=1S/C21H27N3O5S/c1-14(2)10-20(25)24-17-7-5-6-15(11-17)13-23-21(26)16-8-9-18(29-4)19(12-16)30(27,28)22-3/h5-9,11-12,14,22H,10,13H2,1-4H3,(H,23,26)(H,24,25). The molecule has 0 bridgehead atoms. The lowest BCUT2D eigenvalue weighted by atomic mass is 10.1. The van der Waals surface area contributed by atoms with Crippen molar-refractivity contribution in [3.63, 3.8) is 0 Å². The molecule has 2 amide bonds. The van der Waals surface area contributed by atoms with Gasteiger partial charge in [-0.25, -0.2) is 13.1 Å². The maximum absolute atomic E-state index is 12.5. The van der Waals surface area contributed by atoms with Gasteiger partial charge in [-0.05, 0) is 48.9 Å². The first-order chi connectivity index (χ1) is 14.2. The van der Waals surface area contributed by atoms with E-state index in [1.807, 2.05) is 19.9 Å². The Morgan fingerprint density at radius 1 is 1.10 bits per heavy atom. The van der Waals surface area contributed by atoms with E-state index >= 15 is 0 Å². The molecule has 0 spiro atoms. The second-order valence-electron chi connectivity index (χ2n) is 7.10. The smallest absolute Gasteiger partial charge is 0.251 e. The van der Waals surface area contributed by atoms with E-state index in [2.05, 4.69) is 15.4 Å². The van der Waals surface area contributed by atoms with Crippen LogP contribution in [0.25, 0.3) is 0 Å². The van der Waals surface area contributed by atoms with Crippen LogP contribution >= 0.6 is 0 Å². The number of hydrogen-bond donors (Lipinski definition) is 3. The zero-order chi connectivity index (χ0) is 22.3. The molecule has 0 aliphatic heterocycles. The fourth-order valence-corrected chi connectivity index (χ4v) is 3.68. The summed E-state index contributed by atoms with van der Waals surface area (Å²) in [7, 11) is -1.14. The Kier molecular flexibility index (Phi) is 7.96. The van der Waals surface area contributed by atoms with Crippen molar-refractivity contribution in [3.8, 4) is 5.75 Å². The van der Waals surface area contributed by atoms with Crippen LogP contribution in [0.2, 0.25) is 0 Å². The predicted octanol–water partition coefficient (Wildman–Crippen LogP) is 2.52. The van der Waals surface area contributed by atoms with Crippen LogP contribution in [-0.4, -0.2) is 34.4 Å². The van der Waals surface area contributed by atoms with E-state index in [4.69, 9.17) is 4.74 Å². The second kappa shape index (κ2) is 10.2. The van der Waals surface area contributed by atoms with Gasteiger partial charge in [0.15, 0.2) is 0 Å². The van der Waals surface area contributed by atoms with Gasteiger partial charge in [-0.1, -0.05) is 26.0 Å². The molecule has 0 heterocycles. The van der Waals surface area contributed by atoms with Gasteiger partial charge in [-0.2, -0.15) is 0 Å². The van der Waals surface area contributed by atoms with Gasteiger partial charge in [-0.15, -0.1) is 0 Å². The highest BCUT2D eigenvalue weighted by molar-refractivity contribution is 7.89. The molecule has 0 atom stereocenters. The van der Waals surface area contributed by atoms with E-state index < -0.39 is 15.9 Å². The molecule has 3 N–H and O–H groups in total. The van der Waals surface area contributed by atoms with Crippen molar-refractivity contribution >= 4 is 27.5 Å². The van der Waals surface area contributed by atoms with Gasteiger partial charge in [0.1, 0.15) is 10.6 Å². The molecule has 9 heteroatoms. The van der Waals surface area contributed by atoms with Gasteiger partial charge >= 0.3 is 0 Å². The van der Waals surface area contributed by atoms with Crippen molar-refractivity contribution in [1.29, 1.82) is 0 Å². The summed E-state index contributed by atoms with van der Waals surface area (Å²) in [6.07, 6.45) is 0.427. The molecule has 0 unspecified atom stereocenters. The zero-order valence-electron chi connectivity index (χ0n) is 17.5. The van der Waals surface area contributed by atoms with E-state index in [9.17, 15) is 18.0 Å². The Balaban J connectivity index is 2.10.